The SMILES string of the molecule is CC(C)(C)OC(=O)N1CCCC1C=CS(N)(=O)=O. The molecule has 1 saturated heterocycles. The third kappa shape index (κ3) is 5.05. The second kappa shape index (κ2) is 5.27. The number of sulfonamides is 1. The van der Waals surface area contributed by atoms with Crippen LogP contribution < -0.4 is 5.14 Å². The molecule has 104 valence electrons. The molecule has 0 radical (unpaired) electrons. The zero-order valence-corrected chi connectivity index (χ0v) is 11.7. The van der Waals surface area contributed by atoms with Gasteiger partial charge in [0.25, 0.3) is 0 Å². The van der Waals surface area contributed by atoms with Crippen molar-refractivity contribution < 1.29 is 17.9 Å². The summed E-state index contributed by atoms with van der Waals surface area (Å²) in [6.07, 6.45) is 2.54. The zero-order valence-electron chi connectivity index (χ0n) is 10.9. The van der Waals surface area contributed by atoms with Crippen molar-refractivity contribution in [2.75, 3.05) is 6.54 Å². The topological polar surface area (TPSA) is 89.7 Å². The minimum absolute atomic E-state index is 0.266. The van der Waals surface area contributed by atoms with Crippen molar-refractivity contribution in [1.29, 1.82) is 0 Å². The lowest BCUT2D eigenvalue weighted by molar-refractivity contribution is 0.0256. The summed E-state index contributed by atoms with van der Waals surface area (Å²) in [7, 11) is -3.66. The van der Waals surface area contributed by atoms with Gasteiger partial charge in [-0.1, -0.05) is 0 Å². The third-order valence-electron chi connectivity index (χ3n) is 2.42. The van der Waals surface area contributed by atoms with Gasteiger partial charge in [0, 0.05) is 12.0 Å². The smallest absolute Gasteiger partial charge is 0.410 e. The van der Waals surface area contributed by atoms with E-state index < -0.39 is 21.7 Å². The van der Waals surface area contributed by atoms with E-state index in [4.69, 9.17) is 9.88 Å². The van der Waals surface area contributed by atoms with Crippen molar-refractivity contribution in [3.63, 3.8) is 0 Å². The predicted molar refractivity (Wildman–Crippen MR) is 68.2 cm³/mol. The van der Waals surface area contributed by atoms with Crippen molar-refractivity contribution >= 4 is 16.1 Å². The van der Waals surface area contributed by atoms with Crippen LogP contribution in [0.2, 0.25) is 0 Å². The fourth-order valence-corrected chi connectivity index (χ4v) is 2.14. The van der Waals surface area contributed by atoms with Crippen LogP contribution in [0, 0.1) is 0 Å². The van der Waals surface area contributed by atoms with Gasteiger partial charge in [-0.25, -0.2) is 18.4 Å². The summed E-state index contributed by atoms with van der Waals surface area (Å²) >= 11 is 0. The second-order valence-corrected chi connectivity index (χ2v) is 6.75. The lowest BCUT2D eigenvalue weighted by atomic mass is 10.2. The highest BCUT2D eigenvalue weighted by Gasteiger charge is 2.30. The number of ether oxygens (including phenoxy) is 1. The number of rotatable bonds is 2. The largest absolute Gasteiger partial charge is 0.444 e. The van der Waals surface area contributed by atoms with E-state index in [1.165, 1.54) is 11.0 Å². The number of hydrogen-bond acceptors (Lipinski definition) is 4. The van der Waals surface area contributed by atoms with E-state index in [0.29, 0.717) is 13.0 Å². The molecule has 1 atom stereocenters. The van der Waals surface area contributed by atoms with Crippen molar-refractivity contribution in [3.05, 3.63) is 11.5 Å². The Morgan fingerprint density at radius 3 is 2.56 bits per heavy atom. The summed E-state index contributed by atoms with van der Waals surface area (Å²) in [6, 6.07) is -0.266. The normalized spacial score (nSPS) is 21.6. The van der Waals surface area contributed by atoms with Gasteiger partial charge in [-0.05, 0) is 39.7 Å². The molecule has 0 aromatic rings. The molecule has 1 unspecified atom stereocenters. The van der Waals surface area contributed by atoms with Crippen molar-refractivity contribution in [1.82, 2.24) is 4.90 Å². The van der Waals surface area contributed by atoms with Gasteiger partial charge in [-0.3, -0.25) is 0 Å². The lowest BCUT2D eigenvalue weighted by Gasteiger charge is -2.27. The Morgan fingerprint density at radius 1 is 1.44 bits per heavy atom. The Balaban J connectivity index is 2.71. The monoisotopic (exact) mass is 276 g/mol. The first kappa shape index (κ1) is 15.0. The number of carbonyl (C=O) groups excluding carboxylic acids is 1. The van der Waals surface area contributed by atoms with Gasteiger partial charge in [-0.15, -0.1) is 0 Å². The molecule has 2 N–H and O–H groups in total. The molecule has 18 heavy (non-hydrogen) atoms. The summed E-state index contributed by atoms with van der Waals surface area (Å²) in [5, 5.41) is 5.82. The number of hydrogen-bond donors (Lipinski definition) is 1. The highest BCUT2D eigenvalue weighted by molar-refractivity contribution is 7.92. The summed E-state index contributed by atoms with van der Waals surface area (Å²) in [5.74, 6) is 0. The summed E-state index contributed by atoms with van der Waals surface area (Å²) < 4.78 is 27.0. The molecule has 1 fully saturated rings. The molecule has 1 aliphatic heterocycles. The minimum Gasteiger partial charge on any atom is -0.444 e. The van der Waals surface area contributed by atoms with E-state index in [9.17, 15) is 13.2 Å². The van der Waals surface area contributed by atoms with Gasteiger partial charge in [0.05, 0.1) is 6.04 Å². The van der Waals surface area contributed by atoms with Crippen LogP contribution in [-0.4, -0.2) is 37.6 Å². The van der Waals surface area contributed by atoms with E-state index in [1.807, 2.05) is 0 Å². The molecule has 0 aromatic carbocycles. The first-order chi connectivity index (χ1) is 8.08. The predicted octanol–water partition coefficient (Wildman–Crippen LogP) is 1.19. The maximum absolute atomic E-state index is 11.9. The van der Waals surface area contributed by atoms with Crippen molar-refractivity contribution in [2.45, 2.75) is 45.3 Å². The van der Waals surface area contributed by atoms with Crippen molar-refractivity contribution in [3.8, 4) is 0 Å². The Morgan fingerprint density at radius 2 is 2.06 bits per heavy atom. The van der Waals surface area contributed by atoms with Crippen LogP contribution >= 0.6 is 0 Å². The van der Waals surface area contributed by atoms with Gasteiger partial charge in [0.1, 0.15) is 5.60 Å². The molecule has 0 aromatic heterocycles. The van der Waals surface area contributed by atoms with Gasteiger partial charge < -0.3 is 9.64 Å². The van der Waals surface area contributed by atoms with E-state index >= 15 is 0 Å². The fourth-order valence-electron chi connectivity index (χ4n) is 1.74. The van der Waals surface area contributed by atoms with E-state index in [2.05, 4.69) is 0 Å². The highest BCUT2D eigenvalue weighted by atomic mass is 32.2. The zero-order chi connectivity index (χ0) is 14.0. The first-order valence-electron chi connectivity index (χ1n) is 5.79. The average Bonchev–Trinajstić information content (AvgIpc) is 2.58. The van der Waals surface area contributed by atoms with Gasteiger partial charge in [0.2, 0.25) is 10.0 Å². The molecule has 7 heteroatoms. The third-order valence-corrected chi connectivity index (χ3v) is 2.95. The van der Waals surface area contributed by atoms with E-state index in [-0.39, 0.29) is 6.04 Å². The number of likely N-dealkylation sites (tertiary alicyclic amines) is 1. The molecular formula is C11H20N2O4S. The van der Waals surface area contributed by atoms with Gasteiger partial charge in [-0.2, -0.15) is 0 Å². The van der Waals surface area contributed by atoms with Crippen LogP contribution in [-0.2, 0) is 14.8 Å². The highest BCUT2D eigenvalue weighted by Crippen LogP contribution is 2.21. The quantitative estimate of drug-likeness (QED) is 0.820. The fraction of sp³-hybridized carbons (Fsp3) is 0.727. The number of primary sulfonamides is 1. The van der Waals surface area contributed by atoms with Crippen molar-refractivity contribution in [2.24, 2.45) is 5.14 Å². The van der Waals surface area contributed by atoms with E-state index in [0.717, 1.165) is 11.8 Å². The van der Waals surface area contributed by atoms with Gasteiger partial charge >= 0.3 is 6.09 Å². The molecule has 0 aliphatic carbocycles. The number of carbonyl (C=O) groups is 1. The maximum atomic E-state index is 11.9. The molecule has 0 spiro atoms. The Labute approximate surface area is 108 Å². The lowest BCUT2D eigenvalue weighted by Crippen LogP contribution is -2.39. The average molecular weight is 276 g/mol. The standard InChI is InChI=1S/C11H20N2O4S/c1-11(2,3)17-10(14)13-7-4-5-9(13)6-8-18(12,15)16/h6,8-9H,4-5,7H2,1-3H3,(H2,12,15,16). The Hall–Kier alpha value is -1.08. The van der Waals surface area contributed by atoms with Crippen LogP contribution in [0.15, 0.2) is 11.5 Å². The molecule has 0 bridgehead atoms. The van der Waals surface area contributed by atoms with Crippen LogP contribution in [0.25, 0.3) is 0 Å². The molecule has 1 aliphatic rings. The molecule has 1 amide bonds. The Bertz CT molecular complexity index is 436. The van der Waals surface area contributed by atoms with Crippen LogP contribution in [0.4, 0.5) is 4.79 Å². The van der Waals surface area contributed by atoms with Crippen LogP contribution in [0.1, 0.15) is 33.6 Å². The van der Waals surface area contributed by atoms with Crippen LogP contribution in [0.5, 0.6) is 0 Å². The van der Waals surface area contributed by atoms with E-state index in [1.54, 1.807) is 20.8 Å². The molecule has 1 heterocycles. The second-order valence-electron chi connectivity index (χ2n) is 5.30. The first-order valence-corrected chi connectivity index (χ1v) is 7.40. The van der Waals surface area contributed by atoms with Gasteiger partial charge in [0.15, 0.2) is 0 Å². The summed E-state index contributed by atoms with van der Waals surface area (Å²) in [5.41, 5.74) is -0.562. The maximum Gasteiger partial charge on any atom is 0.410 e. The molecular weight excluding hydrogens is 256 g/mol. The molecule has 0 saturated carbocycles. The number of nitrogens with two attached hydrogens (primary N) is 1. The number of amides is 1. The Kier molecular flexibility index (Phi) is 4.39. The summed E-state index contributed by atoms with van der Waals surface area (Å²) in [6.45, 7) is 5.93. The summed E-state index contributed by atoms with van der Waals surface area (Å²) in [4.78, 5) is 13.4. The molecule has 6 nitrogen and oxygen atoms in total. The minimum atomic E-state index is -3.66. The number of nitrogens with zero attached hydrogens (tertiary/aromatic N) is 1. The van der Waals surface area contributed by atoms with Crippen LogP contribution in [0.3, 0.4) is 0 Å². The molecule has 1 rings (SSSR count).